The Bertz CT molecular complexity index is 860. The zero-order valence-corrected chi connectivity index (χ0v) is 14.7. The second-order valence-electron chi connectivity index (χ2n) is 6.74. The molecule has 0 saturated carbocycles. The number of carbonyl (C=O) groups is 1. The van der Waals surface area contributed by atoms with E-state index in [9.17, 15) is 9.90 Å². The third-order valence-electron chi connectivity index (χ3n) is 5.04. The summed E-state index contributed by atoms with van der Waals surface area (Å²) in [6.45, 7) is 4.25. The van der Waals surface area contributed by atoms with E-state index >= 15 is 0 Å². The second-order valence-corrected chi connectivity index (χ2v) is 6.74. The maximum atomic E-state index is 12.8. The molecule has 6 nitrogen and oxygen atoms in total. The monoisotopic (exact) mass is 356 g/mol. The number of hydrogen-bond acceptors (Lipinski definition) is 6. The fraction of sp³-hybridized carbons (Fsp3) is 0.350. The van der Waals surface area contributed by atoms with Crippen molar-refractivity contribution in [3.8, 4) is 28.7 Å². The number of hydrogen-bond donors (Lipinski definition) is 1. The van der Waals surface area contributed by atoms with Crippen molar-refractivity contribution < 1.29 is 28.8 Å². The number of phenols is 1. The summed E-state index contributed by atoms with van der Waals surface area (Å²) in [7, 11) is 0. The van der Waals surface area contributed by atoms with E-state index in [0.29, 0.717) is 35.0 Å². The van der Waals surface area contributed by atoms with Gasteiger partial charge in [-0.1, -0.05) is 13.8 Å². The van der Waals surface area contributed by atoms with E-state index in [1.54, 1.807) is 30.3 Å². The summed E-state index contributed by atoms with van der Waals surface area (Å²) in [5.41, 5.74) is 1.34. The average molecular weight is 356 g/mol. The van der Waals surface area contributed by atoms with E-state index in [0.717, 1.165) is 5.56 Å². The van der Waals surface area contributed by atoms with Gasteiger partial charge in [0, 0.05) is 17.5 Å². The normalized spacial score (nSPS) is 16.4. The molecule has 2 heterocycles. The first-order chi connectivity index (χ1) is 12.5. The van der Waals surface area contributed by atoms with Crippen LogP contribution in [0.3, 0.4) is 0 Å². The van der Waals surface area contributed by atoms with Crippen molar-refractivity contribution in [3.05, 3.63) is 41.5 Å². The van der Waals surface area contributed by atoms with Crippen LogP contribution in [-0.2, 0) is 6.42 Å². The van der Waals surface area contributed by atoms with Gasteiger partial charge in [-0.2, -0.15) is 0 Å². The molecule has 0 amide bonds. The van der Waals surface area contributed by atoms with Gasteiger partial charge in [-0.3, -0.25) is 4.79 Å². The van der Waals surface area contributed by atoms with Crippen LogP contribution in [0.4, 0.5) is 0 Å². The van der Waals surface area contributed by atoms with Gasteiger partial charge in [0.25, 0.3) is 0 Å². The van der Waals surface area contributed by atoms with Crippen LogP contribution in [0.2, 0.25) is 0 Å². The van der Waals surface area contributed by atoms with Crippen LogP contribution in [0.1, 0.15) is 29.8 Å². The number of carbonyl (C=O) groups excluding carboxylic acids is 1. The van der Waals surface area contributed by atoms with Gasteiger partial charge < -0.3 is 24.1 Å². The second kappa shape index (κ2) is 6.44. The topological polar surface area (TPSA) is 74.2 Å². The molecule has 2 aromatic rings. The van der Waals surface area contributed by atoms with Crippen molar-refractivity contribution in [2.45, 2.75) is 20.3 Å². The lowest BCUT2D eigenvalue weighted by Gasteiger charge is -2.20. The highest BCUT2D eigenvalue weighted by Crippen LogP contribution is 2.39. The predicted octanol–water partition coefficient (Wildman–Crippen LogP) is 3.55. The molecular formula is C20H20O6. The first-order valence-corrected chi connectivity index (χ1v) is 8.58. The molecule has 0 bridgehead atoms. The van der Waals surface area contributed by atoms with E-state index < -0.39 is 0 Å². The van der Waals surface area contributed by atoms with E-state index in [1.807, 2.05) is 13.8 Å². The summed E-state index contributed by atoms with van der Waals surface area (Å²) in [6.07, 6.45) is 0.555. The van der Waals surface area contributed by atoms with Gasteiger partial charge in [0.15, 0.2) is 28.8 Å². The lowest BCUT2D eigenvalue weighted by atomic mass is 9.84. The van der Waals surface area contributed by atoms with Gasteiger partial charge in [-0.15, -0.1) is 0 Å². The summed E-state index contributed by atoms with van der Waals surface area (Å²) in [5.74, 6) is 2.43. The van der Waals surface area contributed by atoms with Crippen molar-refractivity contribution in [2.24, 2.45) is 11.8 Å². The Morgan fingerprint density at radius 3 is 2.31 bits per heavy atom. The van der Waals surface area contributed by atoms with Crippen molar-refractivity contribution in [1.29, 1.82) is 0 Å². The molecule has 2 aliphatic heterocycles. The largest absolute Gasteiger partial charge is 0.508 e. The number of Topliss-reactive ketones (excluding diaryl/α,β-unsaturated/α-hetero) is 1. The molecule has 2 aliphatic rings. The smallest absolute Gasteiger partial charge is 0.231 e. The van der Waals surface area contributed by atoms with Gasteiger partial charge in [0.1, 0.15) is 5.75 Å². The Balaban J connectivity index is 1.49. The standard InChI is InChI=1S/C20H20O6/c1-11(5-14-7-18-19(8-15(14)21)26-10-25-18)12(2)20(22)13-3-4-16-17(6-13)24-9-23-16/h3-4,6-8,11-12,21H,5,9-10H2,1-2H3. The fourth-order valence-corrected chi connectivity index (χ4v) is 3.23. The number of rotatable bonds is 5. The van der Waals surface area contributed by atoms with Crippen molar-refractivity contribution >= 4 is 5.78 Å². The van der Waals surface area contributed by atoms with Gasteiger partial charge in [0.2, 0.25) is 13.6 Å². The van der Waals surface area contributed by atoms with Crippen LogP contribution in [-0.4, -0.2) is 24.5 Å². The van der Waals surface area contributed by atoms with Crippen LogP contribution in [0.5, 0.6) is 28.7 Å². The molecule has 136 valence electrons. The van der Waals surface area contributed by atoms with Crippen LogP contribution < -0.4 is 18.9 Å². The summed E-state index contributed by atoms with van der Waals surface area (Å²) in [4.78, 5) is 12.8. The van der Waals surface area contributed by atoms with E-state index in [-0.39, 0.29) is 37.0 Å². The lowest BCUT2D eigenvalue weighted by molar-refractivity contribution is 0.0892. The Labute approximate surface area is 151 Å². The number of ether oxygens (including phenoxy) is 4. The number of benzene rings is 2. The van der Waals surface area contributed by atoms with E-state index in [2.05, 4.69) is 0 Å². The number of ketones is 1. The zero-order chi connectivity index (χ0) is 18.3. The van der Waals surface area contributed by atoms with Gasteiger partial charge in [-0.25, -0.2) is 0 Å². The molecular weight excluding hydrogens is 336 g/mol. The molecule has 0 fully saturated rings. The number of aromatic hydroxyl groups is 1. The minimum absolute atomic E-state index is 0.0270. The van der Waals surface area contributed by atoms with Crippen LogP contribution in [0.15, 0.2) is 30.3 Å². The average Bonchev–Trinajstić information content (AvgIpc) is 3.28. The molecule has 0 aliphatic carbocycles. The molecule has 2 unspecified atom stereocenters. The van der Waals surface area contributed by atoms with Crippen molar-refractivity contribution in [1.82, 2.24) is 0 Å². The first-order valence-electron chi connectivity index (χ1n) is 8.58. The predicted molar refractivity (Wildman–Crippen MR) is 93.2 cm³/mol. The van der Waals surface area contributed by atoms with Crippen LogP contribution in [0, 0.1) is 11.8 Å². The molecule has 2 atom stereocenters. The molecule has 4 rings (SSSR count). The van der Waals surface area contributed by atoms with Crippen molar-refractivity contribution in [2.75, 3.05) is 13.6 Å². The first kappa shape index (κ1) is 16.6. The third-order valence-corrected chi connectivity index (χ3v) is 5.04. The SMILES string of the molecule is CC(Cc1cc2c(cc1O)OCO2)C(C)C(=O)c1ccc2c(c1)OCO2. The molecule has 1 N–H and O–H groups in total. The van der Waals surface area contributed by atoms with Crippen LogP contribution >= 0.6 is 0 Å². The highest BCUT2D eigenvalue weighted by molar-refractivity contribution is 5.98. The molecule has 2 aromatic carbocycles. The maximum absolute atomic E-state index is 12.8. The minimum Gasteiger partial charge on any atom is -0.508 e. The van der Waals surface area contributed by atoms with Gasteiger partial charge in [0.05, 0.1) is 0 Å². The molecule has 26 heavy (non-hydrogen) atoms. The Hall–Kier alpha value is -2.89. The third kappa shape index (κ3) is 2.92. The maximum Gasteiger partial charge on any atom is 0.231 e. The van der Waals surface area contributed by atoms with E-state index in [1.165, 1.54) is 0 Å². The quantitative estimate of drug-likeness (QED) is 0.826. The Morgan fingerprint density at radius 1 is 0.962 bits per heavy atom. The lowest BCUT2D eigenvalue weighted by Crippen LogP contribution is -2.21. The summed E-state index contributed by atoms with van der Waals surface area (Å²) >= 11 is 0. The molecule has 0 radical (unpaired) electrons. The summed E-state index contributed by atoms with van der Waals surface area (Å²) in [5, 5.41) is 10.2. The number of phenolic OH excluding ortho intramolecular Hbond substituents is 1. The molecule has 0 saturated heterocycles. The Morgan fingerprint density at radius 2 is 1.58 bits per heavy atom. The number of fused-ring (bicyclic) bond motifs is 2. The molecule has 6 heteroatoms. The van der Waals surface area contributed by atoms with Crippen LogP contribution in [0.25, 0.3) is 0 Å². The van der Waals surface area contributed by atoms with Gasteiger partial charge in [-0.05, 0) is 42.2 Å². The highest BCUT2D eigenvalue weighted by atomic mass is 16.7. The molecule has 0 aromatic heterocycles. The van der Waals surface area contributed by atoms with Gasteiger partial charge >= 0.3 is 0 Å². The summed E-state index contributed by atoms with van der Waals surface area (Å²) in [6, 6.07) is 8.60. The highest BCUT2D eigenvalue weighted by Gasteiger charge is 2.26. The minimum atomic E-state index is -0.222. The Kier molecular flexibility index (Phi) is 4.11. The van der Waals surface area contributed by atoms with E-state index in [4.69, 9.17) is 18.9 Å². The molecule has 0 spiro atoms. The zero-order valence-electron chi connectivity index (χ0n) is 14.7. The fourth-order valence-electron chi connectivity index (χ4n) is 3.23. The summed E-state index contributed by atoms with van der Waals surface area (Å²) < 4.78 is 21.3. The van der Waals surface area contributed by atoms with Crippen molar-refractivity contribution in [3.63, 3.8) is 0 Å².